The largest absolute Gasteiger partial charge is 0.381 e. The molecule has 6 nitrogen and oxygen atoms in total. The Morgan fingerprint density at radius 2 is 2.14 bits per heavy atom. The molecule has 1 aliphatic heterocycles. The van der Waals surface area contributed by atoms with Crippen LogP contribution in [0.5, 0.6) is 0 Å². The van der Waals surface area contributed by atoms with Crippen molar-refractivity contribution in [2.45, 2.75) is 46.1 Å². The molecule has 0 bridgehead atoms. The maximum absolute atomic E-state index is 5.65. The lowest BCUT2D eigenvalue weighted by atomic mass is 9.81. The van der Waals surface area contributed by atoms with E-state index in [0.29, 0.717) is 17.8 Å². The second-order valence-electron chi connectivity index (χ2n) is 7.09. The van der Waals surface area contributed by atoms with Gasteiger partial charge in [-0.25, -0.2) is 4.98 Å². The van der Waals surface area contributed by atoms with Crippen LogP contribution in [0.4, 0.5) is 5.82 Å². The van der Waals surface area contributed by atoms with Gasteiger partial charge in [-0.1, -0.05) is 27.7 Å². The van der Waals surface area contributed by atoms with Crippen molar-refractivity contribution in [2.24, 2.45) is 5.41 Å². The quantitative estimate of drug-likeness (QED) is 0.872. The van der Waals surface area contributed by atoms with Crippen LogP contribution >= 0.6 is 0 Å². The van der Waals surface area contributed by atoms with Crippen molar-refractivity contribution in [3.8, 4) is 0 Å². The minimum absolute atomic E-state index is 0.0984. The lowest BCUT2D eigenvalue weighted by Crippen LogP contribution is -2.50. The van der Waals surface area contributed by atoms with Crippen LogP contribution in [-0.4, -0.2) is 45.9 Å². The van der Waals surface area contributed by atoms with E-state index in [9.17, 15) is 0 Å². The third-order valence-electron chi connectivity index (χ3n) is 4.58. The van der Waals surface area contributed by atoms with Gasteiger partial charge in [0, 0.05) is 31.7 Å². The highest BCUT2D eigenvalue weighted by Crippen LogP contribution is 2.34. The Kier molecular flexibility index (Phi) is 3.80. The lowest BCUT2D eigenvalue weighted by molar-refractivity contribution is -0.00651. The van der Waals surface area contributed by atoms with Crippen molar-refractivity contribution in [3.05, 3.63) is 18.1 Å². The maximum atomic E-state index is 5.65. The number of anilines is 1. The molecule has 0 N–H and O–H groups in total. The average Bonchev–Trinajstić information content (AvgIpc) is 2.93. The first-order valence-corrected chi connectivity index (χ1v) is 7.91. The molecule has 6 heteroatoms. The van der Waals surface area contributed by atoms with Crippen LogP contribution in [0.25, 0.3) is 5.78 Å². The number of hydrogen-bond donors (Lipinski definition) is 0. The number of methoxy groups -OCH3 is 1. The summed E-state index contributed by atoms with van der Waals surface area (Å²) in [6.45, 7) is 10.7. The van der Waals surface area contributed by atoms with Gasteiger partial charge in [0.2, 0.25) is 0 Å². The zero-order valence-corrected chi connectivity index (χ0v) is 14.1. The van der Waals surface area contributed by atoms with E-state index in [1.165, 1.54) is 0 Å². The molecular formula is C16H25N5O. The third kappa shape index (κ3) is 2.56. The molecule has 0 amide bonds. The molecule has 0 saturated carbocycles. The molecule has 2 aromatic heterocycles. The zero-order valence-electron chi connectivity index (χ0n) is 14.1. The molecule has 1 saturated heterocycles. The normalized spacial score (nSPS) is 21.7. The Hall–Kier alpha value is -1.69. The molecule has 0 radical (unpaired) electrons. The average molecular weight is 303 g/mol. The zero-order chi connectivity index (χ0) is 15.9. The molecule has 0 aromatic carbocycles. The fraction of sp³-hybridized carbons (Fsp3) is 0.688. The summed E-state index contributed by atoms with van der Waals surface area (Å²) in [4.78, 5) is 11.2. The van der Waals surface area contributed by atoms with E-state index in [1.54, 1.807) is 13.4 Å². The Morgan fingerprint density at radius 1 is 1.36 bits per heavy atom. The van der Waals surface area contributed by atoms with E-state index in [-0.39, 0.29) is 5.41 Å². The number of nitrogens with zero attached hydrogens (tertiary/aromatic N) is 5. The topological polar surface area (TPSA) is 55.5 Å². The molecule has 0 unspecified atom stereocenters. The highest BCUT2D eigenvalue weighted by molar-refractivity contribution is 5.48. The molecule has 0 aliphatic carbocycles. The molecule has 0 spiro atoms. The van der Waals surface area contributed by atoms with Gasteiger partial charge in [-0.15, -0.1) is 0 Å². The first-order chi connectivity index (χ1) is 10.4. The van der Waals surface area contributed by atoms with E-state index >= 15 is 0 Å². The monoisotopic (exact) mass is 303 g/mol. The van der Waals surface area contributed by atoms with Gasteiger partial charge in [0.05, 0.1) is 11.8 Å². The number of ether oxygens (including phenoxy) is 1. The van der Waals surface area contributed by atoms with Crippen molar-refractivity contribution < 1.29 is 4.74 Å². The van der Waals surface area contributed by atoms with E-state index < -0.39 is 0 Å². The number of aromatic nitrogens is 4. The lowest BCUT2D eigenvalue weighted by Gasteiger charge is -2.44. The van der Waals surface area contributed by atoms with Crippen LogP contribution < -0.4 is 4.90 Å². The SMILES string of the molecule is CO[C@H]1CCN(c2cc(C(C)C)nc3ncnn23)CC1(C)C. The standard InChI is InChI=1S/C16H25N5O/c1-11(2)12-8-14(21-15(19-12)17-10-18-21)20-7-6-13(22-5)16(3,4)9-20/h8,10-11,13H,6-7,9H2,1-5H3/t13-/m0/s1. The molecule has 2 aromatic rings. The summed E-state index contributed by atoms with van der Waals surface area (Å²) in [5, 5.41) is 4.35. The summed E-state index contributed by atoms with van der Waals surface area (Å²) in [6, 6.07) is 2.15. The van der Waals surface area contributed by atoms with Gasteiger partial charge in [0.25, 0.3) is 5.78 Å². The van der Waals surface area contributed by atoms with Crippen molar-refractivity contribution >= 4 is 11.6 Å². The van der Waals surface area contributed by atoms with Gasteiger partial charge < -0.3 is 9.64 Å². The molecule has 120 valence electrons. The minimum Gasteiger partial charge on any atom is -0.381 e. The molecule has 22 heavy (non-hydrogen) atoms. The van der Waals surface area contributed by atoms with Crippen molar-refractivity contribution in [1.29, 1.82) is 0 Å². The van der Waals surface area contributed by atoms with Gasteiger partial charge in [-0.3, -0.25) is 0 Å². The number of fused-ring (bicyclic) bond motifs is 1. The summed E-state index contributed by atoms with van der Waals surface area (Å²) in [7, 11) is 1.81. The predicted molar refractivity (Wildman–Crippen MR) is 86.3 cm³/mol. The highest BCUT2D eigenvalue weighted by atomic mass is 16.5. The van der Waals surface area contributed by atoms with Crippen LogP contribution in [0.1, 0.15) is 45.7 Å². The summed E-state index contributed by atoms with van der Waals surface area (Å²) in [6.07, 6.45) is 2.88. The summed E-state index contributed by atoms with van der Waals surface area (Å²) in [5.74, 6) is 2.12. The van der Waals surface area contributed by atoms with Crippen LogP contribution in [-0.2, 0) is 4.74 Å². The van der Waals surface area contributed by atoms with Gasteiger partial charge in [0.15, 0.2) is 0 Å². The molecule has 3 heterocycles. The first-order valence-electron chi connectivity index (χ1n) is 7.91. The van der Waals surface area contributed by atoms with Crippen LogP contribution in [0, 0.1) is 5.41 Å². The van der Waals surface area contributed by atoms with Crippen molar-refractivity contribution in [2.75, 3.05) is 25.1 Å². The predicted octanol–water partition coefficient (Wildman–Crippen LogP) is 2.50. The number of rotatable bonds is 3. The smallest absolute Gasteiger partial charge is 0.254 e. The first kappa shape index (κ1) is 15.2. The van der Waals surface area contributed by atoms with Gasteiger partial charge in [-0.2, -0.15) is 14.6 Å². The summed E-state index contributed by atoms with van der Waals surface area (Å²) < 4.78 is 7.49. The molecule has 3 rings (SSSR count). The van der Waals surface area contributed by atoms with Gasteiger partial charge in [0.1, 0.15) is 12.1 Å². The molecule has 1 aliphatic rings. The Labute approximate surface area is 131 Å². The Morgan fingerprint density at radius 3 is 2.77 bits per heavy atom. The maximum Gasteiger partial charge on any atom is 0.254 e. The second kappa shape index (κ2) is 5.50. The van der Waals surface area contributed by atoms with Crippen LogP contribution in [0.2, 0.25) is 0 Å². The van der Waals surface area contributed by atoms with E-state index in [0.717, 1.165) is 31.0 Å². The molecular weight excluding hydrogens is 278 g/mol. The molecule has 1 atom stereocenters. The number of hydrogen-bond acceptors (Lipinski definition) is 5. The molecule has 1 fully saturated rings. The van der Waals surface area contributed by atoms with Crippen LogP contribution in [0.15, 0.2) is 12.4 Å². The summed E-state index contributed by atoms with van der Waals surface area (Å²) in [5.41, 5.74) is 1.16. The minimum atomic E-state index is 0.0984. The fourth-order valence-corrected chi connectivity index (χ4v) is 3.30. The third-order valence-corrected chi connectivity index (χ3v) is 4.58. The Balaban J connectivity index is 2.01. The van der Waals surface area contributed by atoms with E-state index in [1.807, 2.05) is 4.52 Å². The van der Waals surface area contributed by atoms with Crippen molar-refractivity contribution in [1.82, 2.24) is 19.6 Å². The fourth-order valence-electron chi connectivity index (χ4n) is 3.30. The van der Waals surface area contributed by atoms with E-state index in [2.05, 4.69) is 53.7 Å². The van der Waals surface area contributed by atoms with Gasteiger partial charge in [-0.05, 0) is 12.3 Å². The highest BCUT2D eigenvalue weighted by Gasteiger charge is 2.37. The van der Waals surface area contributed by atoms with Crippen molar-refractivity contribution in [3.63, 3.8) is 0 Å². The Bertz CT molecular complexity index is 664. The second-order valence-corrected chi connectivity index (χ2v) is 7.09. The van der Waals surface area contributed by atoms with E-state index in [4.69, 9.17) is 4.74 Å². The van der Waals surface area contributed by atoms with Gasteiger partial charge >= 0.3 is 0 Å². The number of piperidine rings is 1. The summed E-state index contributed by atoms with van der Waals surface area (Å²) >= 11 is 0. The van der Waals surface area contributed by atoms with Crippen LogP contribution in [0.3, 0.4) is 0 Å².